The van der Waals surface area contributed by atoms with Crippen LogP contribution >= 0.6 is 11.3 Å². The predicted octanol–water partition coefficient (Wildman–Crippen LogP) is 2.00. The van der Waals surface area contributed by atoms with Crippen molar-refractivity contribution < 1.29 is 0 Å². The summed E-state index contributed by atoms with van der Waals surface area (Å²) in [5, 5.41) is 2.90. The van der Waals surface area contributed by atoms with E-state index in [0.717, 1.165) is 23.8 Å². The summed E-state index contributed by atoms with van der Waals surface area (Å²) in [6, 6.07) is 10.3. The highest BCUT2D eigenvalue weighted by Crippen LogP contribution is 2.32. The number of nitrogens with zero attached hydrogens (tertiary/aromatic N) is 2. The molecule has 76 valence electrons. The lowest BCUT2D eigenvalue weighted by Gasteiger charge is -2.04. The van der Waals surface area contributed by atoms with Gasteiger partial charge >= 0.3 is 0 Å². The van der Waals surface area contributed by atoms with E-state index in [0.29, 0.717) is 0 Å². The second-order valence-corrected chi connectivity index (χ2v) is 4.74. The van der Waals surface area contributed by atoms with Crippen LogP contribution in [0.5, 0.6) is 0 Å². The molecule has 2 heterocycles. The van der Waals surface area contributed by atoms with Gasteiger partial charge in [-0.2, -0.15) is 0 Å². The number of aromatic nitrogens is 1. The van der Waals surface area contributed by atoms with Crippen LogP contribution in [-0.4, -0.2) is 9.99 Å². The summed E-state index contributed by atoms with van der Waals surface area (Å²) >= 11 is 1.75. The maximum atomic E-state index is 5.72. The van der Waals surface area contributed by atoms with Crippen molar-refractivity contribution in [1.29, 1.82) is 0 Å². The van der Waals surface area contributed by atoms with Gasteiger partial charge in [-0.25, -0.2) is 9.99 Å². The number of nitrogens with two attached hydrogens (primary N) is 1. The summed E-state index contributed by atoms with van der Waals surface area (Å²) in [6.07, 6.45) is 0. The Morgan fingerprint density at radius 1 is 1.20 bits per heavy atom. The van der Waals surface area contributed by atoms with E-state index in [1.165, 1.54) is 10.4 Å². The maximum Gasteiger partial charge on any atom is 0.123 e. The molecule has 0 radical (unpaired) electrons. The van der Waals surface area contributed by atoms with Gasteiger partial charge in [0.05, 0.1) is 12.2 Å². The fourth-order valence-corrected chi connectivity index (χ4v) is 2.87. The minimum absolute atomic E-state index is 0.776. The number of thiazole rings is 1. The highest BCUT2D eigenvalue weighted by atomic mass is 32.1. The fourth-order valence-electron chi connectivity index (χ4n) is 1.77. The molecule has 1 aromatic carbocycles. The lowest BCUT2D eigenvalue weighted by atomic mass is 10.2. The van der Waals surface area contributed by atoms with Gasteiger partial charge in [0.25, 0.3) is 0 Å². The third-order valence-corrected chi connectivity index (χ3v) is 3.63. The van der Waals surface area contributed by atoms with Gasteiger partial charge in [-0.05, 0) is 0 Å². The Labute approximate surface area is 92.1 Å². The molecule has 0 atom stereocenters. The van der Waals surface area contributed by atoms with E-state index in [1.54, 1.807) is 16.3 Å². The van der Waals surface area contributed by atoms with Gasteiger partial charge in [0.1, 0.15) is 5.01 Å². The maximum absolute atomic E-state index is 5.72. The van der Waals surface area contributed by atoms with E-state index >= 15 is 0 Å². The van der Waals surface area contributed by atoms with Gasteiger partial charge < -0.3 is 0 Å². The van der Waals surface area contributed by atoms with Crippen molar-refractivity contribution in [2.45, 2.75) is 13.1 Å². The molecule has 2 N–H and O–H groups in total. The highest BCUT2D eigenvalue weighted by molar-refractivity contribution is 7.15. The van der Waals surface area contributed by atoms with E-state index < -0.39 is 0 Å². The van der Waals surface area contributed by atoms with Crippen LogP contribution in [0, 0.1) is 0 Å². The number of hydrogen-bond acceptors (Lipinski definition) is 4. The molecule has 1 aliphatic heterocycles. The number of hydrogen-bond donors (Lipinski definition) is 1. The molecule has 2 aromatic rings. The van der Waals surface area contributed by atoms with E-state index in [2.05, 4.69) is 17.1 Å². The van der Waals surface area contributed by atoms with Gasteiger partial charge in [-0.15, -0.1) is 11.3 Å². The second-order valence-electron chi connectivity index (χ2n) is 3.66. The predicted molar refractivity (Wildman–Crippen MR) is 61.0 cm³/mol. The first-order valence-electron chi connectivity index (χ1n) is 4.86. The smallest absolute Gasteiger partial charge is 0.123 e. The number of hydrazine groups is 1. The first-order chi connectivity index (χ1) is 7.33. The van der Waals surface area contributed by atoms with E-state index in [9.17, 15) is 0 Å². The van der Waals surface area contributed by atoms with Crippen molar-refractivity contribution in [3.05, 3.63) is 40.9 Å². The Morgan fingerprint density at radius 2 is 2.00 bits per heavy atom. The molecule has 0 saturated carbocycles. The largest absolute Gasteiger partial charge is 0.268 e. The molecule has 15 heavy (non-hydrogen) atoms. The summed E-state index contributed by atoms with van der Waals surface area (Å²) in [6.45, 7) is 1.61. The first kappa shape index (κ1) is 9.03. The lowest BCUT2D eigenvalue weighted by Crippen LogP contribution is -2.24. The Hall–Kier alpha value is -1.23. The zero-order chi connectivity index (χ0) is 10.3. The third-order valence-electron chi connectivity index (χ3n) is 2.50. The molecule has 0 amide bonds. The summed E-state index contributed by atoms with van der Waals surface area (Å²) < 4.78 is 0. The van der Waals surface area contributed by atoms with E-state index in [-0.39, 0.29) is 0 Å². The molecule has 3 nitrogen and oxygen atoms in total. The normalized spacial score (nSPS) is 15.5. The summed E-state index contributed by atoms with van der Waals surface area (Å²) in [5.74, 6) is 5.72. The summed E-state index contributed by atoms with van der Waals surface area (Å²) in [4.78, 5) is 5.91. The molecule has 0 saturated heterocycles. The minimum atomic E-state index is 0.776. The van der Waals surface area contributed by atoms with E-state index in [4.69, 9.17) is 5.84 Å². The molecule has 0 fully saturated rings. The van der Waals surface area contributed by atoms with Crippen molar-refractivity contribution >= 4 is 11.3 Å². The molecular weight excluding hydrogens is 206 g/mol. The van der Waals surface area contributed by atoms with Crippen LogP contribution in [0.3, 0.4) is 0 Å². The zero-order valence-corrected chi connectivity index (χ0v) is 9.00. The van der Waals surface area contributed by atoms with E-state index in [1.807, 2.05) is 18.2 Å². The fraction of sp³-hybridized carbons (Fsp3) is 0.182. The summed E-state index contributed by atoms with van der Waals surface area (Å²) in [7, 11) is 0. The topological polar surface area (TPSA) is 42.1 Å². The Kier molecular flexibility index (Phi) is 2.05. The Morgan fingerprint density at radius 3 is 2.73 bits per heavy atom. The highest BCUT2D eigenvalue weighted by Gasteiger charge is 2.21. The van der Waals surface area contributed by atoms with Crippen molar-refractivity contribution in [1.82, 2.24) is 9.99 Å². The number of rotatable bonds is 1. The molecular formula is C11H11N3S. The average Bonchev–Trinajstić information content (AvgIpc) is 2.76. The van der Waals surface area contributed by atoms with Crippen LogP contribution in [0.15, 0.2) is 30.3 Å². The summed E-state index contributed by atoms with van der Waals surface area (Å²) in [5.41, 5.74) is 2.34. The average molecular weight is 217 g/mol. The van der Waals surface area contributed by atoms with Gasteiger partial charge in [-0.1, -0.05) is 30.3 Å². The van der Waals surface area contributed by atoms with Gasteiger partial charge in [-0.3, -0.25) is 5.84 Å². The molecule has 1 aliphatic rings. The van der Waals surface area contributed by atoms with Crippen LogP contribution in [0.2, 0.25) is 0 Å². The molecule has 0 spiro atoms. The van der Waals surface area contributed by atoms with Crippen LogP contribution in [0.1, 0.15) is 10.6 Å². The monoisotopic (exact) mass is 217 g/mol. The SMILES string of the molecule is NN1Cc2nc(-c3ccccc3)sc2C1. The number of benzene rings is 1. The molecule has 0 bridgehead atoms. The molecule has 0 unspecified atom stereocenters. The molecule has 0 aliphatic carbocycles. The van der Waals surface area contributed by atoms with Crippen molar-refractivity contribution in [2.75, 3.05) is 0 Å². The van der Waals surface area contributed by atoms with Crippen LogP contribution in [-0.2, 0) is 13.1 Å². The molecule has 1 aromatic heterocycles. The quantitative estimate of drug-likeness (QED) is 0.743. The number of fused-ring (bicyclic) bond motifs is 1. The van der Waals surface area contributed by atoms with Crippen molar-refractivity contribution in [3.8, 4) is 10.6 Å². The van der Waals surface area contributed by atoms with Crippen LogP contribution in [0.25, 0.3) is 10.6 Å². The zero-order valence-electron chi connectivity index (χ0n) is 8.18. The van der Waals surface area contributed by atoms with Gasteiger partial charge in [0, 0.05) is 17.0 Å². The Bertz CT molecular complexity index is 454. The van der Waals surface area contributed by atoms with Crippen molar-refractivity contribution in [2.24, 2.45) is 5.84 Å². The lowest BCUT2D eigenvalue weighted by molar-refractivity contribution is 0.295. The Balaban J connectivity index is 2.00. The third kappa shape index (κ3) is 1.56. The standard InChI is InChI=1S/C11H11N3S/c12-14-6-9-10(7-14)15-11(13-9)8-4-2-1-3-5-8/h1-5H,6-7,12H2. The van der Waals surface area contributed by atoms with Crippen LogP contribution in [0.4, 0.5) is 0 Å². The van der Waals surface area contributed by atoms with Crippen LogP contribution < -0.4 is 5.84 Å². The van der Waals surface area contributed by atoms with Crippen molar-refractivity contribution in [3.63, 3.8) is 0 Å². The second kappa shape index (κ2) is 3.41. The molecule has 3 rings (SSSR count). The van der Waals surface area contributed by atoms with Gasteiger partial charge in [0.15, 0.2) is 0 Å². The minimum Gasteiger partial charge on any atom is -0.268 e. The molecule has 4 heteroatoms. The first-order valence-corrected chi connectivity index (χ1v) is 5.68. The van der Waals surface area contributed by atoms with Gasteiger partial charge in [0.2, 0.25) is 0 Å².